The first-order chi connectivity index (χ1) is 6.59. The number of carboxylic acids is 1. The van der Waals surface area contributed by atoms with Crippen LogP contribution in [0, 0.1) is 13.8 Å². The average Bonchev–Trinajstić information content (AvgIpc) is 2.91. The van der Waals surface area contributed by atoms with Crippen LogP contribution in [0.5, 0.6) is 0 Å². The second-order valence-corrected chi connectivity index (χ2v) is 3.72. The molecule has 1 N–H and O–H groups in total. The highest BCUT2D eigenvalue weighted by molar-refractivity contribution is 5.87. The molecule has 1 aromatic heterocycles. The highest BCUT2D eigenvalue weighted by Crippen LogP contribution is 2.38. The second-order valence-electron chi connectivity index (χ2n) is 3.72. The van der Waals surface area contributed by atoms with Gasteiger partial charge in [-0.15, -0.1) is 0 Å². The second kappa shape index (κ2) is 3.04. The van der Waals surface area contributed by atoms with Crippen LogP contribution in [0.4, 0.5) is 0 Å². The Morgan fingerprint density at radius 2 is 2.00 bits per heavy atom. The normalized spacial score (nSPS) is 15.6. The van der Waals surface area contributed by atoms with Crippen LogP contribution in [0.25, 0.3) is 0 Å². The fourth-order valence-electron chi connectivity index (χ4n) is 1.38. The van der Waals surface area contributed by atoms with Crippen LogP contribution in [0.2, 0.25) is 0 Å². The fraction of sp³-hybridized carbons (Fsp3) is 0.500. The van der Waals surface area contributed by atoms with Crippen molar-refractivity contribution in [3.8, 4) is 0 Å². The van der Waals surface area contributed by atoms with Crippen molar-refractivity contribution in [2.45, 2.75) is 32.6 Å². The average molecular weight is 192 g/mol. The molecule has 74 valence electrons. The molecule has 4 nitrogen and oxygen atoms in total. The van der Waals surface area contributed by atoms with Crippen molar-refractivity contribution in [2.24, 2.45) is 0 Å². The predicted molar refractivity (Wildman–Crippen MR) is 50.4 cm³/mol. The van der Waals surface area contributed by atoms with E-state index in [2.05, 4.69) is 9.97 Å². The molecule has 1 heterocycles. The number of nitrogens with zero attached hydrogens (tertiary/aromatic N) is 2. The third-order valence-corrected chi connectivity index (χ3v) is 2.55. The summed E-state index contributed by atoms with van der Waals surface area (Å²) in [6.07, 6.45) is 2.17. The summed E-state index contributed by atoms with van der Waals surface area (Å²) in [5.41, 5.74) is 1.60. The van der Waals surface area contributed by atoms with Crippen molar-refractivity contribution in [1.82, 2.24) is 9.97 Å². The number of hydrogen-bond acceptors (Lipinski definition) is 3. The summed E-state index contributed by atoms with van der Waals surface area (Å²) in [5.74, 6) is 0.132. The van der Waals surface area contributed by atoms with Crippen molar-refractivity contribution < 1.29 is 9.90 Å². The van der Waals surface area contributed by atoms with Gasteiger partial charge in [0.2, 0.25) is 0 Å². The Kier molecular flexibility index (Phi) is 1.98. The van der Waals surface area contributed by atoms with Gasteiger partial charge in [0, 0.05) is 17.2 Å². The molecule has 1 aliphatic carbocycles. The summed E-state index contributed by atoms with van der Waals surface area (Å²) in [5, 5.41) is 8.93. The van der Waals surface area contributed by atoms with Crippen molar-refractivity contribution in [3.63, 3.8) is 0 Å². The fourth-order valence-corrected chi connectivity index (χ4v) is 1.38. The lowest BCUT2D eigenvalue weighted by atomic mass is 10.2. The highest BCUT2D eigenvalue weighted by Gasteiger charge is 2.28. The van der Waals surface area contributed by atoms with E-state index in [1.54, 1.807) is 6.92 Å². The number of aryl methyl sites for hydroxylation is 1. The van der Waals surface area contributed by atoms with E-state index >= 15 is 0 Å². The first-order valence-electron chi connectivity index (χ1n) is 4.68. The Morgan fingerprint density at radius 3 is 2.50 bits per heavy atom. The molecule has 0 radical (unpaired) electrons. The smallest absolute Gasteiger partial charge is 0.354 e. The summed E-state index contributed by atoms with van der Waals surface area (Å²) >= 11 is 0. The molecule has 14 heavy (non-hydrogen) atoms. The number of hydrogen-bond donors (Lipinski definition) is 1. The quantitative estimate of drug-likeness (QED) is 0.774. The molecule has 2 rings (SSSR count). The minimum absolute atomic E-state index is 0.152. The molecule has 0 amide bonds. The van der Waals surface area contributed by atoms with E-state index in [1.165, 1.54) is 0 Å². The molecule has 1 saturated carbocycles. The molecule has 1 aliphatic rings. The summed E-state index contributed by atoms with van der Waals surface area (Å²) < 4.78 is 0. The Hall–Kier alpha value is -1.45. The molecule has 1 fully saturated rings. The summed E-state index contributed by atoms with van der Waals surface area (Å²) in [7, 11) is 0. The summed E-state index contributed by atoms with van der Waals surface area (Å²) in [6.45, 7) is 3.57. The molecule has 0 spiro atoms. The van der Waals surface area contributed by atoms with Gasteiger partial charge in [0.1, 0.15) is 5.82 Å². The predicted octanol–water partition coefficient (Wildman–Crippen LogP) is 1.67. The maximum atomic E-state index is 10.9. The molecule has 1 aromatic rings. The van der Waals surface area contributed by atoms with Crippen molar-refractivity contribution in [1.29, 1.82) is 0 Å². The summed E-state index contributed by atoms with van der Waals surface area (Å²) in [4.78, 5) is 19.3. The van der Waals surface area contributed by atoms with Crippen LogP contribution < -0.4 is 0 Å². The SMILES string of the molecule is Cc1nc(C2CC2)nc(C(=O)O)c1C. The number of aromatic nitrogens is 2. The molecule has 0 unspecified atom stereocenters. The summed E-state index contributed by atoms with van der Waals surface area (Å²) in [6, 6.07) is 0. The molecule has 4 heteroatoms. The van der Waals surface area contributed by atoms with Crippen LogP contribution in [0.3, 0.4) is 0 Å². The number of aromatic carboxylic acids is 1. The maximum absolute atomic E-state index is 10.9. The number of carboxylic acid groups (broad SMARTS) is 1. The topological polar surface area (TPSA) is 63.1 Å². The van der Waals surface area contributed by atoms with Gasteiger partial charge in [0.15, 0.2) is 5.69 Å². The van der Waals surface area contributed by atoms with Gasteiger partial charge in [-0.3, -0.25) is 0 Å². The number of rotatable bonds is 2. The zero-order valence-electron chi connectivity index (χ0n) is 8.24. The van der Waals surface area contributed by atoms with E-state index < -0.39 is 5.97 Å². The van der Waals surface area contributed by atoms with Crippen LogP contribution in [-0.2, 0) is 0 Å². The Labute approximate surface area is 82.0 Å². The molecule has 0 bridgehead atoms. The zero-order valence-corrected chi connectivity index (χ0v) is 8.24. The molecule has 0 aromatic carbocycles. The first kappa shape index (κ1) is 9.12. The van der Waals surface area contributed by atoms with Gasteiger partial charge in [-0.2, -0.15) is 0 Å². The van der Waals surface area contributed by atoms with Gasteiger partial charge < -0.3 is 5.11 Å². The Balaban J connectivity index is 2.51. The van der Waals surface area contributed by atoms with Crippen molar-refractivity contribution in [2.75, 3.05) is 0 Å². The standard InChI is InChI=1S/C10H12N2O2/c1-5-6(2)11-9(7-3-4-7)12-8(5)10(13)14/h7H,3-4H2,1-2H3,(H,13,14). The Bertz CT molecular complexity index is 397. The van der Waals surface area contributed by atoms with E-state index in [0.717, 1.165) is 18.5 Å². The van der Waals surface area contributed by atoms with Gasteiger partial charge in [-0.05, 0) is 26.7 Å². The van der Waals surface area contributed by atoms with Gasteiger partial charge in [-0.25, -0.2) is 14.8 Å². The van der Waals surface area contributed by atoms with Crippen molar-refractivity contribution in [3.05, 3.63) is 22.8 Å². The molecular weight excluding hydrogens is 180 g/mol. The van der Waals surface area contributed by atoms with Crippen LogP contribution in [0.15, 0.2) is 0 Å². The number of carbonyl (C=O) groups is 1. The largest absolute Gasteiger partial charge is 0.477 e. The monoisotopic (exact) mass is 192 g/mol. The Morgan fingerprint density at radius 1 is 1.36 bits per heavy atom. The zero-order chi connectivity index (χ0) is 10.3. The maximum Gasteiger partial charge on any atom is 0.354 e. The van der Waals surface area contributed by atoms with E-state index in [0.29, 0.717) is 17.3 Å². The van der Waals surface area contributed by atoms with E-state index in [4.69, 9.17) is 5.11 Å². The van der Waals surface area contributed by atoms with Gasteiger partial charge in [-0.1, -0.05) is 0 Å². The van der Waals surface area contributed by atoms with Crippen molar-refractivity contribution >= 4 is 5.97 Å². The molecular formula is C10H12N2O2. The minimum atomic E-state index is -0.963. The van der Waals surface area contributed by atoms with Gasteiger partial charge >= 0.3 is 5.97 Å². The van der Waals surface area contributed by atoms with Gasteiger partial charge in [0.25, 0.3) is 0 Å². The van der Waals surface area contributed by atoms with E-state index in [9.17, 15) is 4.79 Å². The van der Waals surface area contributed by atoms with Crippen LogP contribution >= 0.6 is 0 Å². The van der Waals surface area contributed by atoms with E-state index in [-0.39, 0.29) is 5.69 Å². The van der Waals surface area contributed by atoms with E-state index in [1.807, 2.05) is 6.92 Å². The highest BCUT2D eigenvalue weighted by atomic mass is 16.4. The first-order valence-corrected chi connectivity index (χ1v) is 4.68. The molecule has 0 saturated heterocycles. The van der Waals surface area contributed by atoms with Crippen LogP contribution in [0.1, 0.15) is 46.3 Å². The lowest BCUT2D eigenvalue weighted by molar-refractivity contribution is 0.0689. The lowest BCUT2D eigenvalue weighted by Crippen LogP contribution is -2.09. The molecule has 0 atom stereocenters. The van der Waals surface area contributed by atoms with Crippen LogP contribution in [-0.4, -0.2) is 21.0 Å². The molecule has 0 aliphatic heterocycles. The van der Waals surface area contributed by atoms with Gasteiger partial charge in [0.05, 0.1) is 0 Å². The third kappa shape index (κ3) is 1.47. The minimum Gasteiger partial charge on any atom is -0.477 e. The lowest BCUT2D eigenvalue weighted by Gasteiger charge is -2.05. The third-order valence-electron chi connectivity index (χ3n) is 2.55.